The Hall–Kier alpha value is -1.36. The van der Waals surface area contributed by atoms with Crippen molar-refractivity contribution < 1.29 is 24.2 Å². The first-order valence-corrected chi connectivity index (χ1v) is 13.5. The molecule has 192 valence electrons. The Morgan fingerprint density at radius 2 is 1.97 bits per heavy atom. The molecular formula is C24H40N4O5S. The monoisotopic (exact) mass is 496 g/mol. The molecule has 1 spiro atoms. The van der Waals surface area contributed by atoms with Gasteiger partial charge in [0.1, 0.15) is 6.04 Å². The van der Waals surface area contributed by atoms with Gasteiger partial charge in [-0.2, -0.15) is 0 Å². The third kappa shape index (κ3) is 4.04. The minimum atomic E-state index is -0.692. The van der Waals surface area contributed by atoms with Gasteiger partial charge >= 0.3 is 0 Å². The van der Waals surface area contributed by atoms with Gasteiger partial charge in [-0.1, -0.05) is 20.3 Å². The number of carbonyl (C=O) groups excluding carboxylic acids is 3. The highest BCUT2D eigenvalue weighted by molar-refractivity contribution is 8.02. The van der Waals surface area contributed by atoms with Gasteiger partial charge in [-0.15, -0.1) is 11.8 Å². The number of hydrogen-bond donors (Lipinski definition) is 3. The van der Waals surface area contributed by atoms with E-state index in [1.54, 1.807) is 23.7 Å². The molecule has 10 heteroatoms. The molecule has 3 amide bonds. The molecule has 2 unspecified atom stereocenters. The predicted octanol–water partition coefficient (Wildman–Crippen LogP) is 0.0691. The lowest BCUT2D eigenvalue weighted by Crippen LogP contribution is -2.58. The lowest BCUT2D eigenvalue weighted by atomic mass is 9.66. The molecule has 3 N–H and O–H groups in total. The normalized spacial score (nSPS) is 36.9. The van der Waals surface area contributed by atoms with E-state index in [9.17, 15) is 19.5 Å². The van der Waals surface area contributed by atoms with Gasteiger partial charge in [0, 0.05) is 38.0 Å². The quantitative estimate of drug-likeness (QED) is 0.414. The number of hydrogen-bond acceptors (Lipinski definition) is 7. The first-order chi connectivity index (χ1) is 16.2. The first kappa shape index (κ1) is 25.7. The Kier molecular flexibility index (Phi) is 7.53. The Morgan fingerprint density at radius 3 is 2.59 bits per heavy atom. The number of aliphatic hydroxyl groups is 1. The second-order valence-electron chi connectivity index (χ2n) is 10.5. The summed E-state index contributed by atoms with van der Waals surface area (Å²) in [5.74, 6) is -1.45. The second-order valence-corrected chi connectivity index (χ2v) is 12.4. The third-order valence-electron chi connectivity index (χ3n) is 8.67. The maximum absolute atomic E-state index is 14.0. The summed E-state index contributed by atoms with van der Waals surface area (Å²) in [7, 11) is 1.61. The number of rotatable bonds is 9. The number of aliphatic hydroxyl groups excluding tert-OH is 1. The number of thioether (sulfide) groups is 1. The molecule has 34 heavy (non-hydrogen) atoms. The molecule has 7 atom stereocenters. The van der Waals surface area contributed by atoms with Crippen LogP contribution < -0.4 is 10.6 Å². The molecule has 0 aliphatic carbocycles. The maximum Gasteiger partial charge on any atom is 0.244 e. The minimum absolute atomic E-state index is 0.0315. The van der Waals surface area contributed by atoms with Crippen molar-refractivity contribution in [1.29, 1.82) is 0 Å². The van der Waals surface area contributed by atoms with Crippen molar-refractivity contribution in [2.75, 3.05) is 53.0 Å². The van der Waals surface area contributed by atoms with Crippen molar-refractivity contribution in [3.63, 3.8) is 0 Å². The molecular weight excluding hydrogens is 456 g/mol. The van der Waals surface area contributed by atoms with Crippen LogP contribution in [0.15, 0.2) is 0 Å². The highest BCUT2D eigenvalue weighted by Crippen LogP contribution is 2.71. The number of nitrogens with zero attached hydrogens (tertiary/aromatic N) is 2. The summed E-state index contributed by atoms with van der Waals surface area (Å²) in [4.78, 5) is 44.7. The fourth-order valence-corrected chi connectivity index (χ4v) is 8.99. The van der Waals surface area contributed by atoms with E-state index in [1.165, 1.54) is 0 Å². The minimum Gasteiger partial charge on any atom is -0.394 e. The summed E-state index contributed by atoms with van der Waals surface area (Å²) < 4.78 is 4.38. The standard InChI is InChI=1S/C24H40N4O5S/c1-5-15(2)16(14-29)28-19(21(31)26-8-9-27-10-12-33-13-11-27)24-7-6-23(3,34-24)17(20(30)25-4)18(24)22(28)32/h15-19,29H,5-14H2,1-4H3,(H,25,30)(H,26,31)/t15-,16-,17+,18-,19?,23-,24?/m0/s1. The number of fused-ring (bicyclic) bond motifs is 1. The Balaban J connectivity index is 1.63. The summed E-state index contributed by atoms with van der Waals surface area (Å²) in [5, 5.41) is 16.2. The number of nitrogens with one attached hydrogen (secondary N) is 2. The topological polar surface area (TPSA) is 111 Å². The molecule has 4 aliphatic heterocycles. The molecule has 9 nitrogen and oxygen atoms in total. The van der Waals surface area contributed by atoms with Crippen LogP contribution in [0.5, 0.6) is 0 Å². The number of morpholine rings is 1. The summed E-state index contributed by atoms with van der Waals surface area (Å²) >= 11 is 1.66. The molecule has 0 aromatic carbocycles. The molecule has 0 radical (unpaired) electrons. The zero-order valence-electron chi connectivity index (χ0n) is 20.8. The van der Waals surface area contributed by atoms with Gasteiger partial charge in [0.2, 0.25) is 17.7 Å². The van der Waals surface area contributed by atoms with Crippen molar-refractivity contribution in [3.05, 3.63) is 0 Å². The fraction of sp³-hybridized carbons (Fsp3) is 0.875. The summed E-state index contributed by atoms with van der Waals surface area (Å²) in [5.41, 5.74) is 0. The molecule has 0 saturated carbocycles. The highest BCUT2D eigenvalue weighted by atomic mass is 32.2. The van der Waals surface area contributed by atoms with Crippen molar-refractivity contribution in [1.82, 2.24) is 20.4 Å². The van der Waals surface area contributed by atoms with Crippen LogP contribution in [0.3, 0.4) is 0 Å². The van der Waals surface area contributed by atoms with Gasteiger partial charge < -0.3 is 25.4 Å². The maximum atomic E-state index is 14.0. The lowest BCUT2D eigenvalue weighted by Gasteiger charge is -2.39. The van der Waals surface area contributed by atoms with E-state index in [4.69, 9.17) is 4.74 Å². The Labute approximate surface area is 206 Å². The SMILES string of the molecule is CC[C@H](C)[C@H](CO)N1C(=O)[C@@H]2[C@H](C(=O)NC)[C@]3(C)CCC2(S3)C1C(=O)NCCN1CCOCC1. The first-order valence-electron chi connectivity index (χ1n) is 12.7. The van der Waals surface area contributed by atoms with Gasteiger partial charge in [0.25, 0.3) is 0 Å². The van der Waals surface area contributed by atoms with Gasteiger partial charge in [-0.3, -0.25) is 19.3 Å². The van der Waals surface area contributed by atoms with Crippen LogP contribution in [0.4, 0.5) is 0 Å². The molecule has 4 saturated heterocycles. The number of ether oxygens (including phenoxy) is 1. The third-order valence-corrected chi connectivity index (χ3v) is 10.7. The van der Waals surface area contributed by atoms with Gasteiger partial charge in [0.15, 0.2) is 0 Å². The summed E-state index contributed by atoms with van der Waals surface area (Å²) in [6.45, 7) is 10.2. The number of carbonyl (C=O) groups is 3. The highest BCUT2D eigenvalue weighted by Gasteiger charge is 2.77. The van der Waals surface area contributed by atoms with Crippen molar-refractivity contribution in [2.24, 2.45) is 17.8 Å². The van der Waals surface area contributed by atoms with E-state index < -0.39 is 28.7 Å². The van der Waals surface area contributed by atoms with E-state index in [2.05, 4.69) is 22.5 Å². The summed E-state index contributed by atoms with van der Waals surface area (Å²) in [6.07, 6.45) is 2.29. The van der Waals surface area contributed by atoms with Crippen molar-refractivity contribution in [3.8, 4) is 0 Å². The average Bonchev–Trinajstić information content (AvgIpc) is 3.40. The Morgan fingerprint density at radius 1 is 1.26 bits per heavy atom. The summed E-state index contributed by atoms with van der Waals surface area (Å²) in [6, 6.07) is -1.15. The zero-order valence-corrected chi connectivity index (χ0v) is 21.7. The molecule has 4 heterocycles. The van der Waals surface area contributed by atoms with Gasteiger partial charge in [-0.05, 0) is 25.7 Å². The fourth-order valence-electron chi connectivity index (χ4n) is 6.65. The van der Waals surface area contributed by atoms with Crippen molar-refractivity contribution in [2.45, 2.75) is 61.6 Å². The Bertz CT molecular complexity index is 808. The largest absolute Gasteiger partial charge is 0.394 e. The molecule has 4 fully saturated rings. The number of likely N-dealkylation sites (tertiary alicyclic amines) is 1. The van der Waals surface area contributed by atoms with Crippen LogP contribution in [0.2, 0.25) is 0 Å². The van der Waals surface area contributed by atoms with Gasteiger partial charge in [0.05, 0.1) is 42.4 Å². The van der Waals surface area contributed by atoms with E-state index in [0.29, 0.717) is 19.8 Å². The molecule has 0 aromatic heterocycles. The lowest BCUT2D eigenvalue weighted by molar-refractivity contribution is -0.144. The van der Waals surface area contributed by atoms with Crippen LogP contribution >= 0.6 is 11.8 Å². The molecule has 2 bridgehead atoms. The smallest absolute Gasteiger partial charge is 0.244 e. The zero-order chi connectivity index (χ0) is 24.7. The van der Waals surface area contributed by atoms with Crippen LogP contribution in [0, 0.1) is 17.8 Å². The van der Waals surface area contributed by atoms with Crippen molar-refractivity contribution >= 4 is 29.5 Å². The van der Waals surface area contributed by atoms with Crippen LogP contribution in [0.25, 0.3) is 0 Å². The van der Waals surface area contributed by atoms with E-state index >= 15 is 0 Å². The van der Waals surface area contributed by atoms with Crippen LogP contribution in [-0.2, 0) is 19.1 Å². The molecule has 0 aromatic rings. The van der Waals surface area contributed by atoms with Gasteiger partial charge in [-0.25, -0.2) is 0 Å². The van der Waals surface area contributed by atoms with E-state index in [1.807, 2.05) is 13.8 Å². The van der Waals surface area contributed by atoms with Crippen LogP contribution in [-0.4, -0.2) is 107 Å². The molecule has 4 rings (SSSR count). The van der Waals surface area contributed by atoms with E-state index in [-0.39, 0.29) is 35.0 Å². The average molecular weight is 497 g/mol. The number of amides is 3. The van der Waals surface area contributed by atoms with E-state index in [0.717, 1.165) is 38.9 Å². The predicted molar refractivity (Wildman–Crippen MR) is 130 cm³/mol. The van der Waals surface area contributed by atoms with Crippen LogP contribution in [0.1, 0.15) is 40.0 Å². The second kappa shape index (κ2) is 9.95. The molecule has 4 aliphatic rings.